The molecule has 0 aromatic carbocycles. The minimum atomic E-state index is -3.56. The van der Waals surface area contributed by atoms with Crippen molar-refractivity contribution in [2.75, 3.05) is 38.5 Å². The molecule has 1 saturated heterocycles. The zero-order chi connectivity index (χ0) is 14.3. The van der Waals surface area contributed by atoms with E-state index >= 15 is 0 Å². The Morgan fingerprint density at radius 2 is 2.16 bits per heavy atom. The molecule has 0 spiro atoms. The smallest absolute Gasteiger partial charge is 0.322 e. The van der Waals surface area contributed by atoms with E-state index in [9.17, 15) is 13.2 Å². The van der Waals surface area contributed by atoms with Crippen LogP contribution in [0.1, 0.15) is 26.7 Å². The van der Waals surface area contributed by atoms with Gasteiger partial charge in [-0.25, -0.2) is 12.7 Å². The lowest BCUT2D eigenvalue weighted by atomic mass is 10.00. The van der Waals surface area contributed by atoms with Gasteiger partial charge in [0.15, 0.2) is 5.75 Å². The van der Waals surface area contributed by atoms with Crippen molar-refractivity contribution in [1.29, 1.82) is 0 Å². The summed E-state index contributed by atoms with van der Waals surface area (Å²) in [6.45, 7) is 6.36. The molecule has 1 N–H and O–H groups in total. The molecule has 0 aromatic rings. The fourth-order valence-corrected chi connectivity index (χ4v) is 3.65. The first kappa shape index (κ1) is 16.4. The molecule has 0 saturated carbocycles. The highest BCUT2D eigenvalue weighted by Gasteiger charge is 2.27. The predicted molar refractivity (Wildman–Crippen MR) is 73.3 cm³/mol. The monoisotopic (exact) mass is 292 g/mol. The summed E-state index contributed by atoms with van der Waals surface area (Å²) < 4.78 is 30.3. The minimum Gasteiger partial charge on any atom is -0.465 e. The van der Waals surface area contributed by atoms with Gasteiger partial charge < -0.3 is 10.1 Å². The molecule has 0 aromatic heterocycles. The van der Waals surface area contributed by atoms with E-state index in [1.54, 1.807) is 13.8 Å². The van der Waals surface area contributed by atoms with E-state index in [1.165, 1.54) is 4.31 Å². The topological polar surface area (TPSA) is 75.7 Å². The number of carbonyl (C=O) groups excluding carboxylic acids is 1. The first-order valence-corrected chi connectivity index (χ1v) is 8.44. The number of nitrogens with zero attached hydrogens (tertiary/aromatic N) is 1. The van der Waals surface area contributed by atoms with E-state index in [1.807, 2.05) is 0 Å². The maximum atomic E-state index is 12.1. The highest BCUT2D eigenvalue weighted by atomic mass is 32.2. The Kier molecular flexibility index (Phi) is 6.74. The summed E-state index contributed by atoms with van der Waals surface area (Å²) in [5.74, 6) is -0.914. The SMILES string of the molecule is CCOC(=O)CS(=O)(=O)N(CC)CC1CCCNC1. The molecule has 1 aliphatic rings. The number of nitrogens with one attached hydrogen (secondary N) is 1. The number of hydrogen-bond acceptors (Lipinski definition) is 5. The number of piperidine rings is 1. The Balaban J connectivity index is 2.58. The second kappa shape index (κ2) is 7.81. The summed E-state index contributed by atoms with van der Waals surface area (Å²) in [6, 6.07) is 0. The molecule has 1 heterocycles. The third-order valence-corrected chi connectivity index (χ3v) is 5.01. The van der Waals surface area contributed by atoms with E-state index in [0.29, 0.717) is 19.0 Å². The normalized spacial score (nSPS) is 20.5. The minimum absolute atomic E-state index is 0.201. The lowest BCUT2D eigenvalue weighted by molar-refractivity contribution is -0.140. The highest BCUT2D eigenvalue weighted by Crippen LogP contribution is 2.14. The first-order valence-electron chi connectivity index (χ1n) is 6.83. The van der Waals surface area contributed by atoms with E-state index in [0.717, 1.165) is 25.9 Å². The van der Waals surface area contributed by atoms with E-state index < -0.39 is 21.7 Å². The fraction of sp³-hybridized carbons (Fsp3) is 0.917. The van der Waals surface area contributed by atoms with Crippen molar-refractivity contribution >= 4 is 16.0 Å². The summed E-state index contributed by atoms with van der Waals surface area (Å²) in [6.07, 6.45) is 2.10. The first-order chi connectivity index (χ1) is 8.99. The largest absolute Gasteiger partial charge is 0.465 e. The van der Waals surface area contributed by atoms with Crippen LogP contribution in [0.4, 0.5) is 0 Å². The maximum absolute atomic E-state index is 12.1. The van der Waals surface area contributed by atoms with E-state index in [4.69, 9.17) is 4.74 Å². The van der Waals surface area contributed by atoms with Gasteiger partial charge in [-0.2, -0.15) is 0 Å². The van der Waals surface area contributed by atoms with Crippen LogP contribution >= 0.6 is 0 Å². The van der Waals surface area contributed by atoms with Gasteiger partial charge in [-0.15, -0.1) is 0 Å². The summed E-state index contributed by atoms with van der Waals surface area (Å²) in [5, 5.41) is 3.26. The van der Waals surface area contributed by atoms with Crippen molar-refractivity contribution < 1.29 is 17.9 Å². The van der Waals surface area contributed by atoms with Crippen LogP contribution in [0, 0.1) is 5.92 Å². The Labute approximate surface area is 115 Å². The number of hydrogen-bond donors (Lipinski definition) is 1. The Morgan fingerprint density at radius 1 is 1.42 bits per heavy atom. The van der Waals surface area contributed by atoms with Gasteiger partial charge in [0.1, 0.15) is 0 Å². The van der Waals surface area contributed by atoms with Crippen molar-refractivity contribution in [3.63, 3.8) is 0 Å². The lowest BCUT2D eigenvalue weighted by Crippen LogP contribution is -2.42. The van der Waals surface area contributed by atoms with Crippen LogP contribution in [0.2, 0.25) is 0 Å². The molecule has 1 atom stereocenters. The molecule has 0 aliphatic carbocycles. The molecule has 0 amide bonds. The molecule has 0 radical (unpaired) electrons. The molecular weight excluding hydrogens is 268 g/mol. The molecule has 19 heavy (non-hydrogen) atoms. The highest BCUT2D eigenvalue weighted by molar-refractivity contribution is 7.89. The van der Waals surface area contributed by atoms with Crippen LogP contribution in [0.5, 0.6) is 0 Å². The fourth-order valence-electron chi connectivity index (χ4n) is 2.25. The molecule has 1 fully saturated rings. The average molecular weight is 292 g/mol. The average Bonchev–Trinajstić information content (AvgIpc) is 2.36. The Bertz CT molecular complexity index is 377. The van der Waals surface area contributed by atoms with Crippen LogP contribution in [0.3, 0.4) is 0 Å². The zero-order valence-corrected chi connectivity index (χ0v) is 12.5. The molecule has 1 aliphatic heterocycles. The molecule has 1 unspecified atom stereocenters. The van der Waals surface area contributed by atoms with Gasteiger partial charge in [0.25, 0.3) is 0 Å². The van der Waals surface area contributed by atoms with Crippen molar-refractivity contribution in [2.45, 2.75) is 26.7 Å². The third-order valence-electron chi connectivity index (χ3n) is 3.21. The van der Waals surface area contributed by atoms with Gasteiger partial charge >= 0.3 is 5.97 Å². The van der Waals surface area contributed by atoms with Gasteiger partial charge in [-0.05, 0) is 38.8 Å². The van der Waals surface area contributed by atoms with Gasteiger partial charge in [0.2, 0.25) is 10.0 Å². The Hall–Kier alpha value is -0.660. The quantitative estimate of drug-likeness (QED) is 0.679. The van der Waals surface area contributed by atoms with Crippen LogP contribution in [-0.4, -0.2) is 57.2 Å². The van der Waals surface area contributed by atoms with Crippen LogP contribution < -0.4 is 5.32 Å². The molecule has 6 nitrogen and oxygen atoms in total. The standard InChI is InChI=1S/C12H24N2O4S/c1-3-14(9-11-6-5-7-13-8-11)19(16,17)10-12(15)18-4-2/h11,13H,3-10H2,1-2H3. The molecule has 0 bridgehead atoms. The summed E-state index contributed by atoms with van der Waals surface area (Å²) in [4.78, 5) is 11.3. The van der Waals surface area contributed by atoms with Crippen LogP contribution in [0.25, 0.3) is 0 Å². The third kappa shape index (κ3) is 5.46. The van der Waals surface area contributed by atoms with E-state index in [-0.39, 0.29) is 6.61 Å². The zero-order valence-electron chi connectivity index (χ0n) is 11.7. The van der Waals surface area contributed by atoms with E-state index in [2.05, 4.69) is 5.32 Å². The van der Waals surface area contributed by atoms with Crippen LogP contribution in [0.15, 0.2) is 0 Å². The second-order valence-electron chi connectivity index (χ2n) is 4.72. The maximum Gasteiger partial charge on any atom is 0.322 e. The van der Waals surface area contributed by atoms with Gasteiger partial charge in [0.05, 0.1) is 6.61 Å². The second-order valence-corrected chi connectivity index (χ2v) is 6.69. The molecular formula is C12H24N2O4S. The van der Waals surface area contributed by atoms with Gasteiger partial charge in [-0.1, -0.05) is 6.92 Å². The van der Waals surface area contributed by atoms with Crippen molar-refractivity contribution in [2.24, 2.45) is 5.92 Å². The number of rotatable bonds is 7. The van der Waals surface area contributed by atoms with Gasteiger partial charge in [-0.3, -0.25) is 4.79 Å². The molecule has 112 valence electrons. The number of esters is 1. The predicted octanol–water partition coefficient (Wildman–Crippen LogP) is 0.201. The lowest BCUT2D eigenvalue weighted by Gasteiger charge is -2.28. The summed E-state index contributed by atoms with van der Waals surface area (Å²) >= 11 is 0. The van der Waals surface area contributed by atoms with Gasteiger partial charge in [0, 0.05) is 13.1 Å². The number of carbonyl (C=O) groups is 1. The van der Waals surface area contributed by atoms with Crippen LogP contribution in [-0.2, 0) is 19.6 Å². The number of ether oxygens (including phenoxy) is 1. The molecule has 1 rings (SSSR count). The number of sulfonamides is 1. The summed E-state index contributed by atoms with van der Waals surface area (Å²) in [7, 11) is -3.56. The van der Waals surface area contributed by atoms with Crippen molar-refractivity contribution in [3.05, 3.63) is 0 Å². The molecule has 7 heteroatoms. The van der Waals surface area contributed by atoms with Crippen molar-refractivity contribution in [1.82, 2.24) is 9.62 Å². The summed E-state index contributed by atoms with van der Waals surface area (Å²) in [5.41, 5.74) is 0. The van der Waals surface area contributed by atoms with Crippen molar-refractivity contribution in [3.8, 4) is 0 Å². The Morgan fingerprint density at radius 3 is 2.68 bits per heavy atom.